The van der Waals surface area contributed by atoms with E-state index >= 15 is 0 Å². The molecule has 0 fully saturated rings. The smallest absolute Gasteiger partial charge is 0.0878 e. The molecule has 1 aliphatic carbocycles. The van der Waals surface area contributed by atoms with Crippen molar-refractivity contribution in [2.24, 2.45) is 5.41 Å². The molecule has 1 unspecified atom stereocenters. The van der Waals surface area contributed by atoms with Gasteiger partial charge >= 0.3 is 0 Å². The number of hydrogen-bond donors (Lipinski definition) is 0. The normalized spacial score (nSPS) is 26.3. The Balaban J connectivity index is 2.25. The molecule has 0 nitrogen and oxygen atoms in total. The Morgan fingerprint density at radius 2 is 1.83 bits per heavy atom. The number of rotatable bonds is 2. The summed E-state index contributed by atoms with van der Waals surface area (Å²) >= 11 is 0. The summed E-state index contributed by atoms with van der Waals surface area (Å²) < 4.78 is 0. The summed E-state index contributed by atoms with van der Waals surface area (Å²) in [4.78, 5) is 0. The number of aryl methyl sites for hydroxylation is 1. The molecule has 0 N–H and O–H groups in total. The first-order valence-corrected chi connectivity index (χ1v) is 7.83. The van der Waals surface area contributed by atoms with Crippen molar-refractivity contribution >= 4 is 14.7 Å². The van der Waals surface area contributed by atoms with Gasteiger partial charge in [0.05, 0.1) is 9.52 Å². The Kier molecular flexibility index (Phi) is 3.55. The van der Waals surface area contributed by atoms with E-state index in [0.29, 0.717) is 10.5 Å². The molecule has 0 aliphatic heterocycles. The molecule has 96 valence electrons. The zero-order valence-corrected chi connectivity index (χ0v) is 13.3. The van der Waals surface area contributed by atoms with Crippen LogP contribution in [0.15, 0.2) is 30.4 Å². The Morgan fingerprint density at radius 1 is 1.11 bits per heavy atom. The van der Waals surface area contributed by atoms with Crippen molar-refractivity contribution in [2.75, 3.05) is 0 Å². The second-order valence-corrected chi connectivity index (χ2v) is 8.67. The van der Waals surface area contributed by atoms with Gasteiger partial charge in [-0.1, -0.05) is 56.3 Å². The molecule has 1 aromatic rings. The molecule has 0 amide bonds. The van der Waals surface area contributed by atoms with E-state index in [1.165, 1.54) is 24.0 Å². The highest BCUT2D eigenvalue weighted by Crippen LogP contribution is 2.45. The Bertz CT molecular complexity index is 470. The third kappa shape index (κ3) is 2.95. The van der Waals surface area contributed by atoms with E-state index in [9.17, 15) is 0 Å². The molecule has 1 aromatic carbocycles. The molecule has 2 radical (unpaired) electrons. The first-order chi connectivity index (χ1) is 8.31. The number of benzene rings is 1. The van der Waals surface area contributed by atoms with Gasteiger partial charge in [-0.2, -0.15) is 0 Å². The fourth-order valence-corrected chi connectivity index (χ4v) is 4.99. The fourth-order valence-electron chi connectivity index (χ4n) is 3.04. The second-order valence-electron chi connectivity index (χ2n) is 6.74. The maximum absolute atomic E-state index is 2.46. The van der Waals surface area contributed by atoms with Crippen LogP contribution in [0.4, 0.5) is 0 Å². The van der Waals surface area contributed by atoms with Gasteiger partial charge in [0.25, 0.3) is 0 Å². The SMILES string of the molecule is Cc1cccc([Si]C2(C)C=CCC(C)(C)C2)c1C. The zero-order chi connectivity index (χ0) is 13.4. The maximum Gasteiger partial charge on any atom is 0.0924 e. The van der Waals surface area contributed by atoms with E-state index in [0.717, 1.165) is 9.52 Å². The summed E-state index contributed by atoms with van der Waals surface area (Å²) in [5.74, 6) is 0. The summed E-state index contributed by atoms with van der Waals surface area (Å²) in [5, 5.41) is 1.89. The molecular weight excluding hydrogens is 232 g/mol. The average molecular weight is 256 g/mol. The second kappa shape index (κ2) is 4.69. The quantitative estimate of drug-likeness (QED) is 0.550. The average Bonchev–Trinajstić information content (AvgIpc) is 2.22. The number of hydrogen-bond acceptors (Lipinski definition) is 0. The Morgan fingerprint density at radius 3 is 2.50 bits per heavy atom. The monoisotopic (exact) mass is 256 g/mol. The summed E-state index contributed by atoms with van der Waals surface area (Å²) in [6.07, 6.45) is 7.36. The van der Waals surface area contributed by atoms with Gasteiger partial charge in [0.2, 0.25) is 0 Å². The predicted octanol–water partition coefficient (Wildman–Crippen LogP) is 4.19. The molecule has 0 saturated heterocycles. The summed E-state index contributed by atoms with van der Waals surface area (Å²) in [7, 11) is 0.882. The van der Waals surface area contributed by atoms with Crippen molar-refractivity contribution < 1.29 is 0 Å². The van der Waals surface area contributed by atoms with E-state index in [-0.39, 0.29) is 0 Å². The molecule has 1 heteroatoms. The Hall–Kier alpha value is -0.823. The van der Waals surface area contributed by atoms with E-state index in [2.05, 4.69) is 65.0 Å². The van der Waals surface area contributed by atoms with Gasteiger partial charge < -0.3 is 0 Å². The summed E-state index contributed by atoms with van der Waals surface area (Å²) in [5.41, 5.74) is 3.35. The molecule has 0 aromatic heterocycles. The highest BCUT2D eigenvalue weighted by molar-refractivity contribution is 6.58. The van der Waals surface area contributed by atoms with E-state index in [4.69, 9.17) is 0 Å². The van der Waals surface area contributed by atoms with Gasteiger partial charge in [0, 0.05) is 0 Å². The van der Waals surface area contributed by atoms with E-state index < -0.39 is 0 Å². The van der Waals surface area contributed by atoms with Crippen LogP contribution in [0.1, 0.15) is 44.7 Å². The van der Waals surface area contributed by atoms with Gasteiger partial charge in [-0.05, 0) is 48.3 Å². The highest BCUT2D eigenvalue weighted by atomic mass is 28.2. The van der Waals surface area contributed by atoms with Crippen LogP contribution in [-0.2, 0) is 0 Å². The van der Waals surface area contributed by atoms with Gasteiger partial charge in [-0.25, -0.2) is 0 Å². The molecule has 0 saturated carbocycles. The standard InChI is InChI=1S/C17H24Si/c1-13-8-6-9-15(14(13)2)18-17(5)11-7-10-16(3,4)12-17/h6-9,11H,10,12H2,1-5H3. The van der Waals surface area contributed by atoms with Crippen LogP contribution in [0.2, 0.25) is 5.04 Å². The van der Waals surface area contributed by atoms with Crippen molar-refractivity contribution in [2.45, 2.75) is 52.5 Å². The fraction of sp³-hybridized carbons (Fsp3) is 0.529. The van der Waals surface area contributed by atoms with Gasteiger partial charge in [0.15, 0.2) is 0 Å². The van der Waals surface area contributed by atoms with Crippen molar-refractivity contribution in [1.29, 1.82) is 0 Å². The van der Waals surface area contributed by atoms with Gasteiger partial charge in [-0.3, -0.25) is 0 Å². The highest BCUT2D eigenvalue weighted by Gasteiger charge is 2.34. The third-order valence-corrected chi connectivity index (χ3v) is 5.75. The van der Waals surface area contributed by atoms with Crippen LogP contribution in [0.3, 0.4) is 0 Å². The largest absolute Gasteiger partial charge is 0.0924 e. The first kappa shape index (κ1) is 13.6. The molecule has 0 bridgehead atoms. The van der Waals surface area contributed by atoms with Crippen LogP contribution in [0.25, 0.3) is 0 Å². The summed E-state index contributed by atoms with van der Waals surface area (Å²) in [6.45, 7) is 11.7. The molecule has 18 heavy (non-hydrogen) atoms. The van der Waals surface area contributed by atoms with Crippen molar-refractivity contribution in [3.8, 4) is 0 Å². The lowest BCUT2D eigenvalue weighted by atomic mass is 9.76. The van der Waals surface area contributed by atoms with Crippen LogP contribution in [-0.4, -0.2) is 9.52 Å². The van der Waals surface area contributed by atoms with Crippen molar-refractivity contribution in [3.63, 3.8) is 0 Å². The predicted molar refractivity (Wildman–Crippen MR) is 81.8 cm³/mol. The van der Waals surface area contributed by atoms with Crippen LogP contribution in [0.5, 0.6) is 0 Å². The molecule has 1 atom stereocenters. The molecule has 0 heterocycles. The molecule has 1 aliphatic rings. The summed E-state index contributed by atoms with van der Waals surface area (Å²) in [6, 6.07) is 6.72. The van der Waals surface area contributed by atoms with Crippen LogP contribution < -0.4 is 5.19 Å². The van der Waals surface area contributed by atoms with Gasteiger partial charge in [0.1, 0.15) is 0 Å². The third-order valence-electron chi connectivity index (χ3n) is 4.03. The first-order valence-electron chi connectivity index (χ1n) is 6.83. The van der Waals surface area contributed by atoms with Crippen molar-refractivity contribution in [1.82, 2.24) is 0 Å². The van der Waals surface area contributed by atoms with E-state index in [1.54, 1.807) is 5.19 Å². The lowest BCUT2D eigenvalue weighted by molar-refractivity contribution is 0.296. The lowest BCUT2D eigenvalue weighted by Crippen LogP contribution is -2.34. The minimum atomic E-state index is 0.348. The maximum atomic E-state index is 2.46. The minimum absolute atomic E-state index is 0.348. The minimum Gasteiger partial charge on any atom is -0.0878 e. The topological polar surface area (TPSA) is 0 Å². The molecule has 2 rings (SSSR count). The van der Waals surface area contributed by atoms with E-state index in [1.807, 2.05) is 0 Å². The van der Waals surface area contributed by atoms with Gasteiger partial charge in [-0.15, -0.1) is 0 Å². The number of allylic oxidation sites excluding steroid dienone is 2. The Labute approximate surface area is 114 Å². The lowest BCUT2D eigenvalue weighted by Gasteiger charge is -2.39. The molecule has 0 spiro atoms. The van der Waals surface area contributed by atoms with Crippen molar-refractivity contribution in [3.05, 3.63) is 41.5 Å². The zero-order valence-electron chi connectivity index (χ0n) is 12.3. The molecular formula is C17H24Si. The van der Waals surface area contributed by atoms with Crippen LogP contribution in [0, 0.1) is 19.3 Å². The van der Waals surface area contributed by atoms with Crippen LogP contribution >= 0.6 is 0 Å².